The molecule has 48 heavy (non-hydrogen) atoms. The molecule has 0 spiro atoms. The molecule has 0 saturated carbocycles. The molecule has 2 heteroatoms. The van der Waals surface area contributed by atoms with Crippen LogP contribution in [-0.2, 0) is 11.0 Å². The van der Waals surface area contributed by atoms with Gasteiger partial charge in [-0.05, 0) is 64.2 Å². The summed E-state index contributed by atoms with van der Waals surface area (Å²) in [5.74, 6) is 0. The molecule has 1 aromatic heterocycles. The molecular formula is C46H34N2. The van der Waals surface area contributed by atoms with Crippen molar-refractivity contribution in [3.63, 3.8) is 0 Å². The topological polar surface area (TPSA) is 8.17 Å². The number of hydrogen-bond acceptors (Lipinski definition) is 1. The molecule has 2 aliphatic rings. The van der Waals surface area contributed by atoms with Crippen molar-refractivity contribution in [3.8, 4) is 11.1 Å². The van der Waals surface area contributed by atoms with Gasteiger partial charge in [-0.2, -0.15) is 0 Å². The van der Waals surface area contributed by atoms with Crippen molar-refractivity contribution in [2.24, 2.45) is 0 Å². The zero-order valence-electron chi connectivity index (χ0n) is 27.1. The maximum absolute atomic E-state index is 2.62. The van der Waals surface area contributed by atoms with E-state index in [-0.39, 0.29) is 5.41 Å². The van der Waals surface area contributed by atoms with Gasteiger partial charge >= 0.3 is 0 Å². The normalized spacial score (nSPS) is 15.2. The molecule has 0 amide bonds. The van der Waals surface area contributed by atoms with Gasteiger partial charge in [0.05, 0.1) is 22.4 Å². The Bertz CT molecular complexity index is 2450. The third-order valence-electron chi connectivity index (χ3n) is 11.0. The molecule has 0 atom stereocenters. The summed E-state index contributed by atoms with van der Waals surface area (Å²) in [6.45, 7) is 4.73. The molecule has 0 fully saturated rings. The van der Waals surface area contributed by atoms with Gasteiger partial charge in [-0.1, -0.05) is 147 Å². The van der Waals surface area contributed by atoms with Crippen LogP contribution >= 0.6 is 0 Å². The van der Waals surface area contributed by atoms with Crippen LogP contribution < -0.4 is 4.90 Å². The molecule has 2 nitrogen and oxygen atoms in total. The van der Waals surface area contributed by atoms with Crippen molar-refractivity contribution in [1.29, 1.82) is 0 Å². The lowest BCUT2D eigenvalue weighted by molar-refractivity contribution is 0.544. The third kappa shape index (κ3) is 3.42. The Morgan fingerprint density at radius 1 is 0.417 bits per heavy atom. The Morgan fingerprint density at radius 3 is 1.56 bits per heavy atom. The summed E-state index contributed by atoms with van der Waals surface area (Å²) in [5, 5.41) is 2.53. The van der Waals surface area contributed by atoms with Crippen LogP contribution in [0.2, 0.25) is 0 Å². The van der Waals surface area contributed by atoms with Crippen LogP contribution in [0.15, 0.2) is 170 Å². The number of fused-ring (bicyclic) bond motifs is 8. The van der Waals surface area contributed by atoms with E-state index in [4.69, 9.17) is 0 Å². The molecule has 7 aromatic carbocycles. The predicted molar refractivity (Wildman–Crippen MR) is 200 cm³/mol. The highest BCUT2D eigenvalue weighted by Gasteiger charge is 2.48. The molecule has 0 N–H and O–H groups in total. The monoisotopic (exact) mass is 614 g/mol. The van der Waals surface area contributed by atoms with Crippen LogP contribution in [0, 0.1) is 0 Å². The van der Waals surface area contributed by atoms with Crippen molar-refractivity contribution in [2.45, 2.75) is 24.8 Å². The minimum atomic E-state index is -0.639. The maximum Gasteiger partial charge on any atom is 0.125 e. The molecule has 0 radical (unpaired) electrons. The van der Waals surface area contributed by atoms with Crippen LogP contribution in [0.1, 0.15) is 41.7 Å². The number of nitrogens with zero attached hydrogens (tertiary/aromatic N) is 2. The Labute approximate surface area is 281 Å². The summed E-state index contributed by atoms with van der Waals surface area (Å²) in [7, 11) is 0. The van der Waals surface area contributed by atoms with Gasteiger partial charge in [0.25, 0.3) is 0 Å². The molecule has 228 valence electrons. The fourth-order valence-electron chi connectivity index (χ4n) is 8.98. The van der Waals surface area contributed by atoms with Gasteiger partial charge in [0, 0.05) is 33.0 Å². The fraction of sp³-hybridized carbons (Fsp3) is 0.0870. The average molecular weight is 615 g/mol. The van der Waals surface area contributed by atoms with Gasteiger partial charge in [-0.15, -0.1) is 0 Å². The van der Waals surface area contributed by atoms with E-state index in [2.05, 4.69) is 193 Å². The second kappa shape index (κ2) is 9.82. The largest absolute Gasteiger partial charge is 0.322 e. The van der Waals surface area contributed by atoms with Crippen molar-refractivity contribution in [2.75, 3.05) is 4.90 Å². The summed E-state index contributed by atoms with van der Waals surface area (Å²) in [6, 6.07) is 63.0. The van der Waals surface area contributed by atoms with Crippen LogP contribution in [0.3, 0.4) is 0 Å². The summed E-state index contributed by atoms with van der Waals surface area (Å²) in [5.41, 5.74) is 14.5. The van der Waals surface area contributed by atoms with Gasteiger partial charge in [0.2, 0.25) is 0 Å². The van der Waals surface area contributed by atoms with Crippen LogP contribution in [0.5, 0.6) is 0 Å². The van der Waals surface area contributed by atoms with E-state index in [1.807, 2.05) is 0 Å². The quantitative estimate of drug-likeness (QED) is 0.192. The van der Waals surface area contributed by atoms with Gasteiger partial charge in [0.1, 0.15) is 5.54 Å². The predicted octanol–water partition coefficient (Wildman–Crippen LogP) is 11.7. The van der Waals surface area contributed by atoms with Gasteiger partial charge < -0.3 is 9.47 Å². The van der Waals surface area contributed by atoms with Gasteiger partial charge in [-0.25, -0.2) is 0 Å². The second-order valence-electron chi connectivity index (χ2n) is 13.7. The zero-order chi connectivity index (χ0) is 32.0. The Morgan fingerprint density at radius 2 is 0.917 bits per heavy atom. The van der Waals surface area contributed by atoms with Crippen LogP contribution in [-0.4, -0.2) is 4.57 Å². The molecule has 0 unspecified atom stereocenters. The number of aromatic nitrogens is 1. The Balaban J connectivity index is 1.32. The minimum Gasteiger partial charge on any atom is -0.322 e. The van der Waals surface area contributed by atoms with E-state index in [9.17, 15) is 0 Å². The number of anilines is 3. The summed E-state index contributed by atoms with van der Waals surface area (Å²) in [6.07, 6.45) is 0. The number of hydrogen-bond donors (Lipinski definition) is 0. The van der Waals surface area contributed by atoms with E-state index < -0.39 is 5.54 Å². The van der Waals surface area contributed by atoms with Crippen molar-refractivity contribution >= 4 is 38.9 Å². The van der Waals surface area contributed by atoms with E-state index in [0.29, 0.717) is 0 Å². The van der Waals surface area contributed by atoms with Crippen LogP contribution in [0.25, 0.3) is 32.9 Å². The third-order valence-corrected chi connectivity index (χ3v) is 11.0. The zero-order valence-corrected chi connectivity index (χ0v) is 27.1. The molecular weight excluding hydrogens is 581 g/mol. The first kappa shape index (κ1) is 27.3. The number of para-hydroxylation sites is 4. The van der Waals surface area contributed by atoms with Crippen molar-refractivity contribution in [1.82, 2.24) is 4.57 Å². The minimum absolute atomic E-state index is 0.0898. The first-order valence-corrected chi connectivity index (χ1v) is 16.9. The highest BCUT2D eigenvalue weighted by molar-refractivity contribution is 6.09. The van der Waals surface area contributed by atoms with E-state index in [1.54, 1.807) is 0 Å². The van der Waals surface area contributed by atoms with E-state index >= 15 is 0 Å². The van der Waals surface area contributed by atoms with Crippen LogP contribution in [0.4, 0.5) is 17.1 Å². The molecule has 1 aliphatic carbocycles. The van der Waals surface area contributed by atoms with E-state index in [1.165, 1.54) is 77.8 Å². The number of rotatable bonds is 3. The average Bonchev–Trinajstić information content (AvgIpc) is 3.60. The highest BCUT2D eigenvalue weighted by atomic mass is 15.2. The van der Waals surface area contributed by atoms with Crippen molar-refractivity contribution in [3.05, 3.63) is 198 Å². The van der Waals surface area contributed by atoms with Gasteiger partial charge in [0.15, 0.2) is 0 Å². The Hall–Kier alpha value is -5.86. The molecule has 2 heterocycles. The highest BCUT2D eigenvalue weighted by Crippen LogP contribution is 2.58. The lowest BCUT2D eigenvalue weighted by Crippen LogP contribution is -2.42. The number of benzene rings is 7. The Kier molecular flexibility index (Phi) is 5.58. The molecule has 10 rings (SSSR count). The molecule has 0 bridgehead atoms. The standard InChI is InChI=1S/C46H34N2/c1-45(2)37-21-9-6-18-33(37)34-29-28-32(30-40(34)45)47-43-26-14-10-22-38(43)46(31-16-4-3-5-17-31,39-23-11-15-27-44(39)47)48-41-24-12-7-19-35(41)36-20-8-13-25-42(36)48/h3-30H,1-2H3. The molecule has 1 aliphatic heterocycles. The van der Waals surface area contributed by atoms with Crippen molar-refractivity contribution < 1.29 is 0 Å². The van der Waals surface area contributed by atoms with Gasteiger partial charge in [-0.3, -0.25) is 0 Å². The molecule has 8 aromatic rings. The first-order valence-electron chi connectivity index (χ1n) is 16.9. The first-order chi connectivity index (χ1) is 23.6. The summed E-state index contributed by atoms with van der Waals surface area (Å²) < 4.78 is 2.62. The summed E-state index contributed by atoms with van der Waals surface area (Å²) in [4.78, 5) is 2.50. The smallest absolute Gasteiger partial charge is 0.125 e. The lowest BCUT2D eigenvalue weighted by atomic mass is 9.72. The molecule has 0 saturated heterocycles. The van der Waals surface area contributed by atoms with E-state index in [0.717, 1.165) is 0 Å². The SMILES string of the molecule is CC1(C)c2ccccc2-c2ccc(N3c4ccccc4C(c4ccccc4)(n4c5ccccc5c5ccccc54)c4ccccc43)cc21. The fourth-order valence-corrected chi connectivity index (χ4v) is 8.98. The summed E-state index contributed by atoms with van der Waals surface area (Å²) >= 11 is 0. The maximum atomic E-state index is 2.62. The second-order valence-corrected chi connectivity index (χ2v) is 13.7. The lowest BCUT2D eigenvalue weighted by Gasteiger charge is -2.47.